The smallest absolute Gasteiger partial charge is 0.191 e. The Morgan fingerprint density at radius 2 is 1.79 bits per heavy atom. The summed E-state index contributed by atoms with van der Waals surface area (Å²) >= 11 is 0. The van der Waals surface area contributed by atoms with Gasteiger partial charge in [-0.3, -0.25) is 9.20 Å². The summed E-state index contributed by atoms with van der Waals surface area (Å²) in [6, 6.07) is 9.58. The van der Waals surface area contributed by atoms with E-state index >= 15 is 0 Å². The van der Waals surface area contributed by atoms with Crippen molar-refractivity contribution < 1.29 is 4.21 Å². The zero-order valence-electron chi connectivity index (χ0n) is 14.4. The van der Waals surface area contributed by atoms with Crippen LogP contribution in [0.2, 0.25) is 0 Å². The third-order valence-corrected chi connectivity index (χ3v) is 5.35. The van der Waals surface area contributed by atoms with Gasteiger partial charge >= 0.3 is 0 Å². The van der Waals surface area contributed by atoms with Crippen molar-refractivity contribution in [2.45, 2.75) is 24.2 Å². The van der Waals surface area contributed by atoms with Gasteiger partial charge in [0.15, 0.2) is 5.96 Å². The molecule has 24 heavy (non-hydrogen) atoms. The molecule has 7 heteroatoms. The number of guanidine groups is 1. The summed E-state index contributed by atoms with van der Waals surface area (Å²) in [5, 5.41) is 6.56. The van der Waals surface area contributed by atoms with Gasteiger partial charge in [0.1, 0.15) is 0 Å². The molecule has 1 atom stereocenters. The molecule has 0 saturated carbocycles. The van der Waals surface area contributed by atoms with Gasteiger partial charge in [0.05, 0.1) is 10.8 Å². The van der Waals surface area contributed by atoms with Crippen molar-refractivity contribution in [3.63, 3.8) is 0 Å². The molecule has 1 heterocycles. The highest BCUT2D eigenvalue weighted by Gasteiger charge is 2.09. The SMILES string of the molecule is CN=C(NCCN1CCCCC1)NCCS(=O)c1ccccc1.I. The van der Waals surface area contributed by atoms with Crippen LogP contribution in [0.5, 0.6) is 0 Å². The van der Waals surface area contributed by atoms with E-state index in [1.165, 1.54) is 32.4 Å². The second-order valence-corrected chi connectivity index (χ2v) is 7.26. The Morgan fingerprint density at radius 3 is 2.46 bits per heavy atom. The first-order valence-corrected chi connectivity index (χ1v) is 9.72. The molecule has 0 aromatic heterocycles. The summed E-state index contributed by atoms with van der Waals surface area (Å²) in [5.41, 5.74) is 0. The predicted molar refractivity (Wildman–Crippen MR) is 113 cm³/mol. The van der Waals surface area contributed by atoms with Crippen LogP contribution in [0.1, 0.15) is 19.3 Å². The van der Waals surface area contributed by atoms with Gasteiger partial charge < -0.3 is 15.5 Å². The van der Waals surface area contributed by atoms with Gasteiger partial charge in [0.25, 0.3) is 0 Å². The Bertz CT molecular complexity index is 507. The summed E-state index contributed by atoms with van der Waals surface area (Å²) < 4.78 is 12.1. The van der Waals surface area contributed by atoms with E-state index in [1.807, 2.05) is 30.3 Å². The van der Waals surface area contributed by atoms with Crippen molar-refractivity contribution in [1.82, 2.24) is 15.5 Å². The van der Waals surface area contributed by atoms with Crippen LogP contribution in [0.25, 0.3) is 0 Å². The summed E-state index contributed by atoms with van der Waals surface area (Å²) in [6.45, 7) is 5.01. The van der Waals surface area contributed by atoms with Crippen molar-refractivity contribution in [2.24, 2.45) is 4.99 Å². The fraction of sp³-hybridized carbons (Fsp3) is 0.588. The number of halogens is 1. The lowest BCUT2D eigenvalue weighted by Gasteiger charge is -2.26. The van der Waals surface area contributed by atoms with Crippen LogP contribution in [0.4, 0.5) is 0 Å². The lowest BCUT2D eigenvalue weighted by atomic mass is 10.1. The zero-order valence-corrected chi connectivity index (χ0v) is 17.5. The first-order chi connectivity index (χ1) is 11.3. The molecule has 1 aromatic rings. The minimum Gasteiger partial charge on any atom is -0.355 e. The first-order valence-electron chi connectivity index (χ1n) is 8.40. The highest BCUT2D eigenvalue weighted by molar-refractivity contribution is 14.0. The molecule has 2 N–H and O–H groups in total. The molecule has 0 amide bonds. The number of hydrogen-bond donors (Lipinski definition) is 2. The number of aliphatic imine (C=N–C) groups is 1. The van der Waals surface area contributed by atoms with E-state index in [2.05, 4.69) is 20.5 Å². The van der Waals surface area contributed by atoms with E-state index in [0.717, 1.165) is 23.9 Å². The summed E-state index contributed by atoms with van der Waals surface area (Å²) in [5.74, 6) is 1.36. The average Bonchev–Trinajstić information content (AvgIpc) is 2.62. The number of likely N-dealkylation sites (tertiary alicyclic amines) is 1. The number of nitrogens with zero attached hydrogens (tertiary/aromatic N) is 2. The highest BCUT2D eigenvalue weighted by Crippen LogP contribution is 2.07. The predicted octanol–water partition coefficient (Wildman–Crippen LogP) is 2.06. The van der Waals surface area contributed by atoms with Crippen molar-refractivity contribution >= 4 is 40.7 Å². The normalized spacial score (nSPS) is 17.0. The number of piperidine rings is 1. The Labute approximate surface area is 165 Å². The Morgan fingerprint density at radius 1 is 1.12 bits per heavy atom. The first kappa shape index (κ1) is 21.4. The molecule has 0 radical (unpaired) electrons. The maximum Gasteiger partial charge on any atom is 0.191 e. The van der Waals surface area contributed by atoms with Crippen molar-refractivity contribution in [2.75, 3.05) is 45.5 Å². The summed E-state index contributed by atoms with van der Waals surface area (Å²) in [4.78, 5) is 7.59. The van der Waals surface area contributed by atoms with Gasteiger partial charge in [-0.1, -0.05) is 24.6 Å². The number of hydrogen-bond acceptors (Lipinski definition) is 3. The van der Waals surface area contributed by atoms with Crippen LogP contribution in [0, 0.1) is 0 Å². The van der Waals surface area contributed by atoms with Gasteiger partial charge in [-0.25, -0.2) is 0 Å². The van der Waals surface area contributed by atoms with E-state index in [1.54, 1.807) is 7.05 Å². The number of nitrogens with one attached hydrogen (secondary N) is 2. The number of benzene rings is 1. The van der Waals surface area contributed by atoms with Crippen LogP contribution in [0.15, 0.2) is 40.2 Å². The van der Waals surface area contributed by atoms with Gasteiger partial charge in [-0.2, -0.15) is 0 Å². The molecule has 136 valence electrons. The quantitative estimate of drug-likeness (QED) is 0.369. The van der Waals surface area contributed by atoms with Gasteiger partial charge in [-0.15, -0.1) is 24.0 Å². The molecule has 1 saturated heterocycles. The summed E-state index contributed by atoms with van der Waals surface area (Å²) in [7, 11) is 0.803. The van der Waals surface area contributed by atoms with Gasteiger partial charge in [-0.05, 0) is 38.1 Å². The Kier molecular flexibility index (Phi) is 11.3. The average molecular weight is 464 g/mol. The van der Waals surface area contributed by atoms with Gasteiger partial charge in [0.2, 0.25) is 0 Å². The largest absolute Gasteiger partial charge is 0.355 e. The Balaban J connectivity index is 0.00000288. The molecule has 1 aliphatic heterocycles. The van der Waals surface area contributed by atoms with Crippen LogP contribution < -0.4 is 10.6 Å². The number of rotatable bonds is 7. The van der Waals surface area contributed by atoms with Crippen LogP contribution >= 0.6 is 24.0 Å². The minimum absolute atomic E-state index is 0. The second kappa shape index (κ2) is 12.7. The van der Waals surface area contributed by atoms with Crippen molar-refractivity contribution in [1.29, 1.82) is 0 Å². The third kappa shape index (κ3) is 7.94. The molecular weight excluding hydrogens is 435 g/mol. The Hall–Kier alpha value is -0.670. The fourth-order valence-corrected chi connectivity index (χ4v) is 3.67. The van der Waals surface area contributed by atoms with Crippen LogP contribution in [0.3, 0.4) is 0 Å². The maximum atomic E-state index is 12.1. The third-order valence-electron chi connectivity index (χ3n) is 3.98. The molecule has 0 spiro atoms. The fourth-order valence-electron chi connectivity index (χ4n) is 2.69. The molecule has 0 bridgehead atoms. The van der Waals surface area contributed by atoms with Crippen LogP contribution in [-0.2, 0) is 10.8 Å². The molecule has 1 aliphatic rings. The maximum absolute atomic E-state index is 12.1. The van der Waals surface area contributed by atoms with E-state index < -0.39 is 10.8 Å². The zero-order chi connectivity index (χ0) is 16.3. The standard InChI is InChI=1S/C17H28N4OS.HI/c1-18-17(19-10-14-21-12-6-3-7-13-21)20-11-15-23(22)16-8-4-2-5-9-16;/h2,4-5,8-9H,3,6-7,10-15H2,1H3,(H2,18,19,20);1H. The van der Waals surface area contributed by atoms with Crippen molar-refractivity contribution in [3.8, 4) is 0 Å². The van der Waals surface area contributed by atoms with Crippen LogP contribution in [-0.4, -0.2) is 60.6 Å². The van der Waals surface area contributed by atoms with E-state index in [9.17, 15) is 4.21 Å². The van der Waals surface area contributed by atoms with Gasteiger partial charge in [0, 0.05) is 37.3 Å². The molecule has 5 nitrogen and oxygen atoms in total. The molecular formula is C17H29IN4OS. The molecule has 1 unspecified atom stereocenters. The van der Waals surface area contributed by atoms with Crippen molar-refractivity contribution in [3.05, 3.63) is 30.3 Å². The van der Waals surface area contributed by atoms with E-state index in [-0.39, 0.29) is 24.0 Å². The monoisotopic (exact) mass is 464 g/mol. The summed E-state index contributed by atoms with van der Waals surface area (Å²) in [6.07, 6.45) is 4.00. The molecule has 1 fully saturated rings. The molecule has 0 aliphatic carbocycles. The molecule has 2 rings (SSSR count). The van der Waals surface area contributed by atoms with E-state index in [4.69, 9.17) is 0 Å². The molecule has 1 aromatic carbocycles. The lowest BCUT2D eigenvalue weighted by Crippen LogP contribution is -2.43. The highest BCUT2D eigenvalue weighted by atomic mass is 127. The topological polar surface area (TPSA) is 56.7 Å². The lowest BCUT2D eigenvalue weighted by molar-refractivity contribution is 0.232. The second-order valence-electron chi connectivity index (χ2n) is 5.69. The van der Waals surface area contributed by atoms with E-state index in [0.29, 0.717) is 12.3 Å². The minimum atomic E-state index is -0.965.